The van der Waals surface area contributed by atoms with Gasteiger partial charge in [-0.3, -0.25) is 9.48 Å². The highest BCUT2D eigenvalue weighted by Crippen LogP contribution is 2.30. The maximum Gasteiger partial charge on any atom is 0.326 e. The quantitative estimate of drug-likeness (QED) is 0.259. The third-order valence-corrected chi connectivity index (χ3v) is 8.62. The van der Waals surface area contributed by atoms with Gasteiger partial charge in [0, 0.05) is 43.3 Å². The summed E-state index contributed by atoms with van der Waals surface area (Å²) in [5, 5.41) is 21.7. The standard InChI is InChI=1S/C33H38N6O3/c1-38-30-26(29(37-38)23-7-3-2-4-8-23)10-5-11-27(30)32(40)36-28(33(41)42)17-20-39-19-16-22(21-39)12-14-25-15-13-24-9-6-18-34-31(24)35-25/h2-5,7-8,10-11,13,15,22,28H,6,9,12,14,16-21H2,1H3,(H,34,35)(H,36,40)(H,41,42)/t22-,28?/m1/s1. The molecule has 1 unspecified atom stereocenters. The number of aromatic nitrogens is 3. The summed E-state index contributed by atoms with van der Waals surface area (Å²) in [5.74, 6) is 0.190. The minimum Gasteiger partial charge on any atom is -0.480 e. The van der Waals surface area contributed by atoms with E-state index in [1.165, 1.54) is 5.56 Å². The lowest BCUT2D eigenvalue weighted by atomic mass is 10.00. The van der Waals surface area contributed by atoms with Gasteiger partial charge in [0.2, 0.25) is 0 Å². The molecular formula is C33H38N6O3. The first-order valence-corrected chi connectivity index (χ1v) is 15.0. The van der Waals surface area contributed by atoms with E-state index in [2.05, 4.69) is 32.8 Å². The van der Waals surface area contributed by atoms with Gasteiger partial charge < -0.3 is 20.6 Å². The molecule has 1 saturated heterocycles. The van der Waals surface area contributed by atoms with Gasteiger partial charge in [-0.25, -0.2) is 9.78 Å². The number of hydrogen-bond acceptors (Lipinski definition) is 6. The molecule has 0 radical (unpaired) electrons. The Bertz CT molecular complexity index is 1580. The summed E-state index contributed by atoms with van der Waals surface area (Å²) >= 11 is 0. The summed E-state index contributed by atoms with van der Waals surface area (Å²) < 4.78 is 1.70. The first-order valence-electron chi connectivity index (χ1n) is 15.0. The van der Waals surface area contributed by atoms with Crippen LogP contribution in [-0.4, -0.2) is 68.9 Å². The number of carbonyl (C=O) groups is 2. The van der Waals surface area contributed by atoms with E-state index in [-0.39, 0.29) is 0 Å². The van der Waals surface area contributed by atoms with Gasteiger partial charge in [-0.2, -0.15) is 5.10 Å². The highest BCUT2D eigenvalue weighted by molar-refractivity contribution is 6.09. The van der Waals surface area contributed by atoms with E-state index in [4.69, 9.17) is 4.98 Å². The van der Waals surface area contributed by atoms with Gasteiger partial charge in [-0.15, -0.1) is 0 Å². The molecule has 3 N–H and O–H groups in total. The number of likely N-dealkylation sites (tertiary alicyclic amines) is 1. The predicted octanol–water partition coefficient (Wildman–Crippen LogP) is 4.52. The van der Waals surface area contributed by atoms with Gasteiger partial charge in [0.25, 0.3) is 5.91 Å². The third-order valence-electron chi connectivity index (χ3n) is 8.62. The van der Waals surface area contributed by atoms with E-state index in [0.29, 0.717) is 30.0 Å². The number of hydrogen-bond donors (Lipinski definition) is 3. The predicted molar refractivity (Wildman–Crippen MR) is 164 cm³/mol. The van der Waals surface area contributed by atoms with Crippen molar-refractivity contribution in [3.63, 3.8) is 0 Å². The van der Waals surface area contributed by atoms with Gasteiger partial charge in [-0.1, -0.05) is 48.5 Å². The Hall–Kier alpha value is -4.24. The maximum atomic E-state index is 13.4. The molecule has 0 bridgehead atoms. The number of carboxylic acid groups (broad SMARTS) is 1. The van der Waals surface area contributed by atoms with Crippen LogP contribution in [0.5, 0.6) is 0 Å². The lowest BCUT2D eigenvalue weighted by molar-refractivity contribution is -0.139. The van der Waals surface area contributed by atoms with Crippen LogP contribution >= 0.6 is 0 Å². The zero-order chi connectivity index (χ0) is 29.1. The van der Waals surface area contributed by atoms with Crippen LogP contribution in [-0.2, 0) is 24.7 Å². The normalized spacial score (nSPS) is 17.5. The number of aliphatic carboxylic acids is 1. The van der Waals surface area contributed by atoms with E-state index in [1.54, 1.807) is 10.7 Å². The minimum atomic E-state index is -1.02. The molecule has 0 aliphatic carbocycles. The Morgan fingerprint density at radius 2 is 1.98 bits per heavy atom. The molecule has 2 aromatic heterocycles. The fourth-order valence-corrected chi connectivity index (χ4v) is 6.35. The van der Waals surface area contributed by atoms with E-state index in [0.717, 1.165) is 79.9 Å². The number of aryl methyl sites for hydroxylation is 3. The Labute approximate surface area is 245 Å². The second kappa shape index (κ2) is 12.3. The molecule has 9 heteroatoms. The van der Waals surface area contributed by atoms with E-state index < -0.39 is 17.9 Å². The number of fused-ring (bicyclic) bond motifs is 2. The Morgan fingerprint density at radius 1 is 1.12 bits per heavy atom. The smallest absolute Gasteiger partial charge is 0.326 e. The monoisotopic (exact) mass is 566 g/mol. The number of nitrogens with zero attached hydrogens (tertiary/aromatic N) is 4. The molecule has 2 atom stereocenters. The highest BCUT2D eigenvalue weighted by atomic mass is 16.4. The van der Waals surface area contributed by atoms with Crippen molar-refractivity contribution >= 4 is 28.6 Å². The molecule has 1 amide bonds. The van der Waals surface area contributed by atoms with Gasteiger partial charge in [0.15, 0.2) is 0 Å². The molecule has 0 spiro atoms. The van der Waals surface area contributed by atoms with Crippen LogP contribution < -0.4 is 10.6 Å². The van der Waals surface area contributed by atoms with Crippen molar-refractivity contribution in [3.8, 4) is 11.3 Å². The first-order chi connectivity index (χ1) is 20.5. The molecule has 2 aromatic carbocycles. The zero-order valence-corrected chi connectivity index (χ0v) is 24.1. The number of nitrogens with one attached hydrogen (secondary N) is 2. The number of benzene rings is 2. The number of amides is 1. The molecule has 42 heavy (non-hydrogen) atoms. The average molecular weight is 567 g/mol. The number of para-hydroxylation sites is 1. The van der Waals surface area contributed by atoms with Gasteiger partial charge in [-0.05, 0) is 68.7 Å². The van der Waals surface area contributed by atoms with Gasteiger partial charge in [0.05, 0.1) is 11.1 Å². The third kappa shape index (κ3) is 6.01. The fraction of sp³-hybridized carbons (Fsp3) is 0.394. The van der Waals surface area contributed by atoms with Crippen molar-refractivity contribution < 1.29 is 14.7 Å². The number of carbonyl (C=O) groups excluding carboxylic acids is 1. The number of anilines is 1. The number of rotatable bonds is 10. The van der Waals surface area contributed by atoms with Crippen LogP contribution in [0.25, 0.3) is 22.2 Å². The van der Waals surface area contributed by atoms with Crippen molar-refractivity contribution in [2.45, 2.75) is 44.6 Å². The van der Waals surface area contributed by atoms with Crippen molar-refractivity contribution in [2.24, 2.45) is 13.0 Å². The molecule has 4 heterocycles. The molecule has 0 saturated carbocycles. The Morgan fingerprint density at radius 3 is 2.81 bits per heavy atom. The summed E-state index contributed by atoms with van der Waals surface area (Å²) in [7, 11) is 1.81. The van der Waals surface area contributed by atoms with Crippen LogP contribution in [0.3, 0.4) is 0 Å². The molecule has 4 aromatic rings. The molecule has 6 rings (SSSR count). The summed E-state index contributed by atoms with van der Waals surface area (Å²) in [5.41, 5.74) is 5.30. The number of pyridine rings is 1. The maximum absolute atomic E-state index is 13.4. The lowest BCUT2D eigenvalue weighted by Gasteiger charge is -2.20. The van der Waals surface area contributed by atoms with Crippen molar-refractivity contribution in [2.75, 3.05) is 31.5 Å². The number of carboxylic acids is 1. The second-order valence-corrected chi connectivity index (χ2v) is 11.5. The largest absolute Gasteiger partial charge is 0.480 e. The lowest BCUT2D eigenvalue weighted by Crippen LogP contribution is -2.43. The van der Waals surface area contributed by atoms with Crippen LogP contribution in [0, 0.1) is 5.92 Å². The van der Waals surface area contributed by atoms with Crippen LogP contribution in [0.1, 0.15) is 47.3 Å². The summed E-state index contributed by atoms with van der Waals surface area (Å²) in [6, 6.07) is 18.7. The fourth-order valence-electron chi connectivity index (χ4n) is 6.35. The summed E-state index contributed by atoms with van der Waals surface area (Å²) in [6.07, 6.45) is 5.73. The van der Waals surface area contributed by atoms with Crippen LogP contribution in [0.15, 0.2) is 60.7 Å². The first kappa shape index (κ1) is 27.9. The van der Waals surface area contributed by atoms with E-state index in [9.17, 15) is 14.7 Å². The van der Waals surface area contributed by atoms with E-state index >= 15 is 0 Å². The van der Waals surface area contributed by atoms with Crippen LogP contribution in [0.2, 0.25) is 0 Å². The molecular weight excluding hydrogens is 528 g/mol. The van der Waals surface area contributed by atoms with Gasteiger partial charge in [0.1, 0.15) is 17.6 Å². The van der Waals surface area contributed by atoms with Crippen molar-refractivity contribution in [1.82, 2.24) is 25.0 Å². The van der Waals surface area contributed by atoms with Crippen LogP contribution in [0.4, 0.5) is 5.82 Å². The highest BCUT2D eigenvalue weighted by Gasteiger charge is 2.27. The SMILES string of the molecule is Cn1nc(-c2ccccc2)c2cccc(C(=O)NC(CCN3CC[C@@H](CCc4ccc5c(n4)NCCC5)C3)C(=O)O)c21. The minimum absolute atomic E-state index is 0.350. The zero-order valence-electron chi connectivity index (χ0n) is 24.1. The summed E-state index contributed by atoms with van der Waals surface area (Å²) in [4.78, 5) is 32.7. The molecule has 1 fully saturated rings. The molecule has 9 nitrogen and oxygen atoms in total. The van der Waals surface area contributed by atoms with E-state index in [1.807, 2.05) is 49.5 Å². The molecule has 2 aliphatic rings. The van der Waals surface area contributed by atoms with Gasteiger partial charge >= 0.3 is 5.97 Å². The average Bonchev–Trinajstić information content (AvgIpc) is 3.62. The topological polar surface area (TPSA) is 112 Å². The van der Waals surface area contributed by atoms with Crippen molar-refractivity contribution in [3.05, 3.63) is 77.5 Å². The Kier molecular flexibility index (Phi) is 8.19. The van der Waals surface area contributed by atoms with Crippen molar-refractivity contribution in [1.29, 1.82) is 0 Å². The molecule has 218 valence electrons. The molecule has 2 aliphatic heterocycles. The second-order valence-electron chi connectivity index (χ2n) is 11.5. The summed E-state index contributed by atoms with van der Waals surface area (Å²) in [6.45, 7) is 3.51. The Balaban J connectivity index is 1.05.